The van der Waals surface area contributed by atoms with Gasteiger partial charge in [-0.25, -0.2) is 0 Å². The zero-order valence-corrected chi connectivity index (χ0v) is 8.89. The fraction of sp³-hybridized carbons (Fsp3) is 0.909. The summed E-state index contributed by atoms with van der Waals surface area (Å²) < 4.78 is 0. The molecule has 0 saturated heterocycles. The zero-order valence-electron chi connectivity index (χ0n) is 8.89. The van der Waals surface area contributed by atoms with E-state index in [0.29, 0.717) is 11.7 Å². The Labute approximate surface area is 76.6 Å². The highest BCUT2D eigenvalue weighted by atomic mass is 16.1. The van der Waals surface area contributed by atoms with Crippen molar-refractivity contribution in [2.24, 2.45) is 11.8 Å². The van der Waals surface area contributed by atoms with Gasteiger partial charge in [0.2, 0.25) is 0 Å². The smallest absolute Gasteiger partial charge is 0.132 e. The van der Waals surface area contributed by atoms with Gasteiger partial charge in [-0.1, -0.05) is 33.6 Å². The molecule has 0 heterocycles. The highest BCUT2D eigenvalue weighted by Gasteiger charge is 2.10. The predicted molar refractivity (Wildman–Crippen MR) is 53.2 cm³/mol. The van der Waals surface area contributed by atoms with Crippen LogP contribution in [0.4, 0.5) is 0 Å². The first-order chi connectivity index (χ1) is 5.57. The molecule has 0 aromatic rings. The Balaban J connectivity index is 3.52. The summed E-state index contributed by atoms with van der Waals surface area (Å²) in [5, 5.41) is 0. The molecule has 0 rings (SSSR count). The lowest BCUT2D eigenvalue weighted by Gasteiger charge is -2.11. The molecule has 0 aromatic carbocycles. The molecule has 1 heteroatoms. The van der Waals surface area contributed by atoms with Gasteiger partial charge in [0.25, 0.3) is 0 Å². The van der Waals surface area contributed by atoms with E-state index in [-0.39, 0.29) is 0 Å². The topological polar surface area (TPSA) is 17.1 Å². The van der Waals surface area contributed by atoms with Crippen LogP contribution in [-0.4, -0.2) is 5.78 Å². The maximum Gasteiger partial charge on any atom is 0.132 e. The third-order valence-corrected chi connectivity index (χ3v) is 2.40. The first kappa shape index (κ1) is 11.7. The highest BCUT2D eigenvalue weighted by Crippen LogP contribution is 2.15. The van der Waals surface area contributed by atoms with E-state index in [2.05, 4.69) is 20.8 Å². The zero-order chi connectivity index (χ0) is 9.56. The van der Waals surface area contributed by atoms with Gasteiger partial charge in [-0.2, -0.15) is 0 Å². The second kappa shape index (κ2) is 6.22. The van der Waals surface area contributed by atoms with Crippen LogP contribution >= 0.6 is 0 Å². The number of hydrogen-bond acceptors (Lipinski definition) is 1. The predicted octanol–water partition coefficient (Wildman–Crippen LogP) is 3.43. The summed E-state index contributed by atoms with van der Waals surface area (Å²) in [5.41, 5.74) is 0. The van der Waals surface area contributed by atoms with Gasteiger partial charge in [-0.3, -0.25) is 4.79 Å². The second-order valence-electron chi connectivity index (χ2n) is 4.04. The van der Waals surface area contributed by atoms with Crippen LogP contribution in [0.25, 0.3) is 0 Å². The molecule has 0 bridgehead atoms. The largest absolute Gasteiger partial charge is 0.300 e. The second-order valence-corrected chi connectivity index (χ2v) is 4.04. The van der Waals surface area contributed by atoms with E-state index < -0.39 is 0 Å². The average molecular weight is 170 g/mol. The molecule has 0 radical (unpaired) electrons. The van der Waals surface area contributed by atoms with Crippen molar-refractivity contribution in [1.82, 2.24) is 0 Å². The van der Waals surface area contributed by atoms with Crippen molar-refractivity contribution in [1.29, 1.82) is 0 Å². The van der Waals surface area contributed by atoms with Crippen LogP contribution in [0.2, 0.25) is 0 Å². The molecule has 1 unspecified atom stereocenters. The maximum absolute atomic E-state index is 11.1. The van der Waals surface area contributed by atoms with Gasteiger partial charge >= 0.3 is 0 Å². The van der Waals surface area contributed by atoms with Gasteiger partial charge in [-0.15, -0.1) is 0 Å². The molecule has 72 valence electrons. The molecule has 12 heavy (non-hydrogen) atoms. The molecule has 0 amide bonds. The highest BCUT2D eigenvalue weighted by molar-refractivity contribution is 5.78. The van der Waals surface area contributed by atoms with Crippen LogP contribution in [-0.2, 0) is 4.79 Å². The van der Waals surface area contributed by atoms with E-state index in [9.17, 15) is 4.79 Å². The summed E-state index contributed by atoms with van der Waals surface area (Å²) in [6.07, 6.45) is 4.55. The molecule has 0 N–H and O–H groups in total. The number of carbonyl (C=O) groups is 1. The lowest BCUT2D eigenvalue weighted by atomic mass is 9.93. The van der Waals surface area contributed by atoms with Crippen molar-refractivity contribution in [2.45, 2.75) is 53.4 Å². The number of carbonyl (C=O) groups excluding carboxylic acids is 1. The minimum Gasteiger partial charge on any atom is -0.300 e. The summed E-state index contributed by atoms with van der Waals surface area (Å²) >= 11 is 0. The summed E-state index contributed by atoms with van der Waals surface area (Å²) in [7, 11) is 0. The van der Waals surface area contributed by atoms with Crippen LogP contribution in [0.3, 0.4) is 0 Å². The van der Waals surface area contributed by atoms with E-state index in [0.717, 1.165) is 18.8 Å². The van der Waals surface area contributed by atoms with E-state index in [4.69, 9.17) is 0 Å². The minimum absolute atomic E-state index is 0.323. The molecule has 0 aliphatic rings. The standard InChI is InChI=1S/C11H22O/c1-5-11(10(4)12)8-6-7-9(2)3/h9,11H,5-8H2,1-4H3. The number of ketones is 1. The molecule has 0 aromatic heterocycles. The van der Waals surface area contributed by atoms with E-state index in [1.165, 1.54) is 12.8 Å². The van der Waals surface area contributed by atoms with Gasteiger partial charge in [0.05, 0.1) is 0 Å². The Morgan fingerprint density at radius 2 is 1.83 bits per heavy atom. The molecule has 0 spiro atoms. The molecule has 1 atom stereocenters. The molecule has 0 fully saturated rings. The fourth-order valence-electron chi connectivity index (χ4n) is 1.47. The quantitative estimate of drug-likeness (QED) is 0.597. The van der Waals surface area contributed by atoms with Crippen molar-refractivity contribution < 1.29 is 4.79 Å². The van der Waals surface area contributed by atoms with E-state index >= 15 is 0 Å². The number of Topliss-reactive ketones (excluding diaryl/α,β-unsaturated/α-hetero) is 1. The SMILES string of the molecule is CCC(CCCC(C)C)C(C)=O. The number of rotatable bonds is 6. The molecular formula is C11H22O. The minimum atomic E-state index is 0.323. The maximum atomic E-state index is 11.1. The van der Waals surface area contributed by atoms with Crippen LogP contribution in [0.15, 0.2) is 0 Å². The van der Waals surface area contributed by atoms with Gasteiger partial charge < -0.3 is 0 Å². The molecule has 1 nitrogen and oxygen atoms in total. The Bertz CT molecular complexity index is 127. The van der Waals surface area contributed by atoms with Crippen molar-refractivity contribution >= 4 is 5.78 Å². The lowest BCUT2D eigenvalue weighted by molar-refractivity contribution is -0.121. The summed E-state index contributed by atoms with van der Waals surface area (Å²) in [6, 6.07) is 0. The normalized spacial score (nSPS) is 13.4. The van der Waals surface area contributed by atoms with Crippen molar-refractivity contribution in [3.05, 3.63) is 0 Å². The molecule has 0 aliphatic heterocycles. The summed E-state index contributed by atoms with van der Waals surface area (Å²) in [4.78, 5) is 11.1. The summed E-state index contributed by atoms with van der Waals surface area (Å²) in [5.74, 6) is 1.46. The third kappa shape index (κ3) is 5.34. The first-order valence-corrected chi connectivity index (χ1v) is 5.08. The van der Waals surface area contributed by atoms with Gasteiger partial charge in [0, 0.05) is 5.92 Å². The van der Waals surface area contributed by atoms with Gasteiger partial charge in [-0.05, 0) is 25.7 Å². The molecular weight excluding hydrogens is 148 g/mol. The van der Waals surface area contributed by atoms with Crippen molar-refractivity contribution in [3.63, 3.8) is 0 Å². The fourth-order valence-corrected chi connectivity index (χ4v) is 1.47. The van der Waals surface area contributed by atoms with Crippen LogP contribution < -0.4 is 0 Å². The van der Waals surface area contributed by atoms with E-state index in [1.54, 1.807) is 6.92 Å². The number of hydrogen-bond donors (Lipinski definition) is 0. The Morgan fingerprint density at radius 1 is 1.25 bits per heavy atom. The lowest BCUT2D eigenvalue weighted by Crippen LogP contribution is -2.09. The van der Waals surface area contributed by atoms with E-state index in [1.807, 2.05) is 0 Å². The first-order valence-electron chi connectivity index (χ1n) is 5.08. The van der Waals surface area contributed by atoms with Crippen molar-refractivity contribution in [3.8, 4) is 0 Å². The summed E-state index contributed by atoms with van der Waals surface area (Å²) in [6.45, 7) is 8.27. The van der Waals surface area contributed by atoms with Gasteiger partial charge in [0.1, 0.15) is 5.78 Å². The Morgan fingerprint density at radius 3 is 2.17 bits per heavy atom. The Kier molecular flexibility index (Phi) is 6.04. The van der Waals surface area contributed by atoms with Crippen molar-refractivity contribution in [2.75, 3.05) is 0 Å². The molecule has 0 saturated carbocycles. The Hall–Kier alpha value is -0.330. The van der Waals surface area contributed by atoms with Crippen LogP contribution in [0.5, 0.6) is 0 Å². The van der Waals surface area contributed by atoms with Crippen LogP contribution in [0.1, 0.15) is 53.4 Å². The monoisotopic (exact) mass is 170 g/mol. The molecule has 0 aliphatic carbocycles. The van der Waals surface area contributed by atoms with Gasteiger partial charge in [0.15, 0.2) is 0 Å². The average Bonchev–Trinajstić information content (AvgIpc) is 1.96. The van der Waals surface area contributed by atoms with Crippen LogP contribution in [0, 0.1) is 11.8 Å². The third-order valence-electron chi connectivity index (χ3n) is 2.40.